The largest absolute Gasteiger partial charge is 0.476 e. The molecular formula is C20H23Cl2FN4O. The summed E-state index contributed by atoms with van der Waals surface area (Å²) in [7, 11) is 0. The van der Waals surface area contributed by atoms with Gasteiger partial charge in [0, 0.05) is 37.5 Å². The van der Waals surface area contributed by atoms with Crippen LogP contribution in [0.3, 0.4) is 0 Å². The van der Waals surface area contributed by atoms with Crippen LogP contribution in [0.25, 0.3) is 0 Å². The quantitative estimate of drug-likeness (QED) is 0.432. The number of hydrogen-bond donors (Lipinski definition) is 2. The molecular weight excluding hydrogens is 402 g/mol. The molecule has 2 N–H and O–H groups in total. The summed E-state index contributed by atoms with van der Waals surface area (Å²) in [6, 6.07) is 1.75. The molecule has 0 spiro atoms. The lowest BCUT2D eigenvalue weighted by Gasteiger charge is -2.16. The third-order valence-corrected chi connectivity index (χ3v) is 4.50. The van der Waals surface area contributed by atoms with Gasteiger partial charge < -0.3 is 15.5 Å². The minimum absolute atomic E-state index is 0.179. The molecule has 1 aromatic heterocycles. The number of pyridine rings is 1. The Balaban J connectivity index is 1.83. The monoisotopic (exact) mass is 424 g/mol. The number of alkyl halides is 1. The summed E-state index contributed by atoms with van der Waals surface area (Å²) in [5.74, 6) is 0.286. The highest BCUT2D eigenvalue weighted by atomic mass is 35.5. The van der Waals surface area contributed by atoms with Crippen molar-refractivity contribution in [1.82, 2.24) is 10.3 Å². The lowest BCUT2D eigenvalue weighted by molar-refractivity contribution is 0.185. The SMILES string of the molecule is C/C=C\C(C)(F)CCOc1ncc(CNC/C=C2\C(=N)C=CN=C2Cl)cc1Cl. The Hall–Kier alpha value is -2.02. The second-order valence-corrected chi connectivity index (χ2v) is 7.17. The van der Waals surface area contributed by atoms with Crippen molar-refractivity contribution in [2.45, 2.75) is 32.5 Å². The van der Waals surface area contributed by atoms with E-state index >= 15 is 0 Å². The van der Waals surface area contributed by atoms with Gasteiger partial charge >= 0.3 is 0 Å². The Morgan fingerprint density at radius 1 is 1.39 bits per heavy atom. The van der Waals surface area contributed by atoms with Gasteiger partial charge in [-0.15, -0.1) is 0 Å². The Morgan fingerprint density at radius 2 is 2.18 bits per heavy atom. The molecule has 0 fully saturated rings. The van der Waals surface area contributed by atoms with E-state index in [4.69, 9.17) is 33.3 Å². The van der Waals surface area contributed by atoms with Gasteiger partial charge in [0.1, 0.15) is 15.9 Å². The molecule has 8 heteroatoms. The predicted octanol–water partition coefficient (Wildman–Crippen LogP) is 5.01. The van der Waals surface area contributed by atoms with Crippen LogP contribution >= 0.6 is 23.2 Å². The predicted molar refractivity (Wildman–Crippen MR) is 114 cm³/mol. The molecule has 0 radical (unpaired) electrons. The fourth-order valence-electron chi connectivity index (χ4n) is 2.48. The zero-order valence-electron chi connectivity index (χ0n) is 15.8. The van der Waals surface area contributed by atoms with E-state index in [9.17, 15) is 4.39 Å². The number of nitrogens with zero attached hydrogens (tertiary/aromatic N) is 2. The fourth-order valence-corrected chi connectivity index (χ4v) is 2.96. The van der Waals surface area contributed by atoms with E-state index in [-0.39, 0.29) is 18.9 Å². The highest BCUT2D eigenvalue weighted by molar-refractivity contribution is 6.73. The topological polar surface area (TPSA) is 70.4 Å². The van der Waals surface area contributed by atoms with Crippen molar-refractivity contribution in [1.29, 1.82) is 5.41 Å². The highest BCUT2D eigenvalue weighted by Crippen LogP contribution is 2.24. The van der Waals surface area contributed by atoms with Crippen molar-refractivity contribution in [3.05, 3.63) is 58.9 Å². The van der Waals surface area contributed by atoms with Crippen LogP contribution in [-0.2, 0) is 6.54 Å². The van der Waals surface area contributed by atoms with Gasteiger partial charge in [-0.1, -0.05) is 41.4 Å². The molecule has 0 saturated heterocycles. The molecule has 1 aliphatic rings. The van der Waals surface area contributed by atoms with Crippen LogP contribution in [0.4, 0.5) is 4.39 Å². The second-order valence-electron chi connectivity index (χ2n) is 6.41. The molecule has 0 bridgehead atoms. The number of aromatic nitrogens is 1. The maximum Gasteiger partial charge on any atom is 0.232 e. The molecule has 150 valence electrons. The summed E-state index contributed by atoms with van der Waals surface area (Å²) in [5, 5.41) is 11.7. The average molecular weight is 425 g/mol. The zero-order chi connectivity index (χ0) is 20.6. The van der Waals surface area contributed by atoms with Crippen LogP contribution in [0.15, 0.2) is 53.3 Å². The van der Waals surface area contributed by atoms with Crippen molar-refractivity contribution >= 4 is 34.1 Å². The Morgan fingerprint density at radius 3 is 2.86 bits per heavy atom. The molecule has 5 nitrogen and oxygen atoms in total. The van der Waals surface area contributed by atoms with E-state index < -0.39 is 5.67 Å². The van der Waals surface area contributed by atoms with E-state index in [0.717, 1.165) is 5.56 Å². The lowest BCUT2D eigenvalue weighted by Crippen LogP contribution is -2.18. The van der Waals surface area contributed by atoms with Crippen molar-refractivity contribution in [3.8, 4) is 5.88 Å². The summed E-state index contributed by atoms with van der Waals surface area (Å²) in [4.78, 5) is 8.17. The number of ether oxygens (including phenoxy) is 1. The van der Waals surface area contributed by atoms with Gasteiger partial charge in [-0.05, 0) is 31.6 Å². The van der Waals surface area contributed by atoms with E-state index in [1.807, 2.05) is 6.08 Å². The third-order valence-electron chi connectivity index (χ3n) is 3.93. The van der Waals surface area contributed by atoms with Crippen molar-refractivity contribution in [2.75, 3.05) is 13.2 Å². The third kappa shape index (κ3) is 6.86. The molecule has 1 atom stereocenters. The van der Waals surface area contributed by atoms with Crippen LogP contribution in [0, 0.1) is 5.41 Å². The number of nitrogens with one attached hydrogen (secondary N) is 2. The van der Waals surface area contributed by atoms with Gasteiger partial charge in [0.2, 0.25) is 5.88 Å². The number of aliphatic imine (C=N–C) groups is 1. The van der Waals surface area contributed by atoms with Crippen LogP contribution < -0.4 is 10.1 Å². The van der Waals surface area contributed by atoms with E-state index in [1.54, 1.807) is 31.3 Å². The molecule has 0 aliphatic carbocycles. The minimum Gasteiger partial charge on any atom is -0.476 e. The van der Waals surface area contributed by atoms with Gasteiger partial charge in [-0.25, -0.2) is 14.4 Å². The standard InChI is InChI=1S/C20H23Cl2FN4O/c1-3-6-20(2,23)7-10-28-19-16(21)11-14(13-27-19)12-25-8-4-15-17(24)5-9-26-18(15)22/h3-6,9,11,13,24-25H,7-8,10,12H2,1-2H3/b6-3-,15-4+,24-17?. The first-order valence-electron chi connectivity index (χ1n) is 8.82. The number of allylic oxidation sites excluding steroid dienone is 4. The minimum atomic E-state index is -1.42. The summed E-state index contributed by atoms with van der Waals surface area (Å²) in [5.41, 5.74) is 0.372. The van der Waals surface area contributed by atoms with Gasteiger partial charge in [0.25, 0.3) is 0 Å². The zero-order valence-corrected chi connectivity index (χ0v) is 17.3. The maximum atomic E-state index is 14.0. The number of halogens is 3. The second kappa shape index (κ2) is 10.5. The smallest absolute Gasteiger partial charge is 0.232 e. The fraction of sp³-hybridized carbons (Fsp3) is 0.350. The van der Waals surface area contributed by atoms with Crippen LogP contribution in [-0.4, -0.2) is 34.7 Å². The first-order valence-corrected chi connectivity index (χ1v) is 9.58. The molecule has 0 saturated carbocycles. The van der Waals surface area contributed by atoms with Gasteiger partial charge in [0.15, 0.2) is 0 Å². The molecule has 2 rings (SSSR count). The summed E-state index contributed by atoms with van der Waals surface area (Å²) in [6.07, 6.45) is 9.94. The molecule has 28 heavy (non-hydrogen) atoms. The first-order chi connectivity index (χ1) is 13.3. The summed E-state index contributed by atoms with van der Waals surface area (Å²) >= 11 is 12.2. The molecule has 2 heterocycles. The highest BCUT2D eigenvalue weighted by Gasteiger charge is 2.19. The first kappa shape index (κ1) is 22.3. The normalized spacial score (nSPS) is 17.8. The Labute approximate surface area is 174 Å². The van der Waals surface area contributed by atoms with Gasteiger partial charge in [-0.2, -0.15) is 0 Å². The average Bonchev–Trinajstić information content (AvgIpc) is 2.62. The van der Waals surface area contributed by atoms with Crippen molar-refractivity contribution < 1.29 is 9.13 Å². The maximum absolute atomic E-state index is 14.0. The van der Waals surface area contributed by atoms with Crippen LogP contribution in [0.2, 0.25) is 5.02 Å². The number of hydrogen-bond acceptors (Lipinski definition) is 5. The van der Waals surface area contributed by atoms with E-state index in [2.05, 4.69) is 15.3 Å². The molecule has 0 amide bonds. The Kier molecular flexibility index (Phi) is 8.35. The molecule has 1 unspecified atom stereocenters. The van der Waals surface area contributed by atoms with Gasteiger partial charge in [0.05, 0.1) is 12.3 Å². The van der Waals surface area contributed by atoms with E-state index in [0.29, 0.717) is 34.6 Å². The Bertz CT molecular complexity index is 831. The van der Waals surface area contributed by atoms with Crippen molar-refractivity contribution in [3.63, 3.8) is 0 Å². The molecule has 1 aromatic rings. The summed E-state index contributed by atoms with van der Waals surface area (Å²) < 4.78 is 19.5. The van der Waals surface area contributed by atoms with Crippen LogP contribution in [0.1, 0.15) is 25.8 Å². The van der Waals surface area contributed by atoms with E-state index in [1.165, 1.54) is 19.2 Å². The molecule has 1 aliphatic heterocycles. The number of rotatable bonds is 9. The van der Waals surface area contributed by atoms with Gasteiger partial charge in [-0.3, -0.25) is 0 Å². The van der Waals surface area contributed by atoms with Crippen LogP contribution in [0.5, 0.6) is 5.88 Å². The van der Waals surface area contributed by atoms with Crippen molar-refractivity contribution in [2.24, 2.45) is 4.99 Å². The summed E-state index contributed by atoms with van der Waals surface area (Å²) in [6.45, 7) is 4.49. The molecule has 0 aromatic carbocycles. The lowest BCUT2D eigenvalue weighted by atomic mass is 10.1.